The summed E-state index contributed by atoms with van der Waals surface area (Å²) in [5.41, 5.74) is 2.68. The molecule has 5 nitrogen and oxygen atoms in total. The number of amides is 1. The van der Waals surface area contributed by atoms with E-state index in [2.05, 4.69) is 14.1 Å². The molecule has 0 spiro atoms. The van der Waals surface area contributed by atoms with E-state index in [9.17, 15) is 4.79 Å². The van der Waals surface area contributed by atoms with Crippen LogP contribution in [-0.2, 0) is 11.3 Å². The summed E-state index contributed by atoms with van der Waals surface area (Å²) >= 11 is 1.18. The summed E-state index contributed by atoms with van der Waals surface area (Å²) in [6, 6.07) is 5.76. The number of nitrogens with one attached hydrogen (secondary N) is 1. The summed E-state index contributed by atoms with van der Waals surface area (Å²) in [5.74, 6) is 0.585. The first-order chi connectivity index (χ1) is 8.83. The van der Waals surface area contributed by atoms with Crippen LogP contribution in [0.15, 0.2) is 18.2 Å². The molecule has 1 aromatic carbocycles. The lowest BCUT2D eigenvalue weighted by Crippen LogP contribution is -2.24. The van der Waals surface area contributed by atoms with Crippen LogP contribution in [0.2, 0.25) is 0 Å². The van der Waals surface area contributed by atoms with E-state index in [-0.39, 0.29) is 6.09 Å². The lowest BCUT2D eigenvalue weighted by atomic mass is 10.2. The maximum atomic E-state index is 11.5. The second-order valence-electron chi connectivity index (χ2n) is 4.44. The Balaban J connectivity index is 1.58. The normalized spacial score (nSPS) is 14.7. The summed E-state index contributed by atoms with van der Waals surface area (Å²) < 4.78 is 13.5. The number of alkyl carbamates (subject to hydrolysis) is 1. The van der Waals surface area contributed by atoms with Gasteiger partial charge in [-0.2, -0.15) is 8.75 Å². The Bertz CT molecular complexity index is 565. The van der Waals surface area contributed by atoms with Crippen LogP contribution in [0.5, 0.6) is 0 Å². The molecule has 1 aliphatic carbocycles. The summed E-state index contributed by atoms with van der Waals surface area (Å²) in [4.78, 5) is 11.5. The van der Waals surface area contributed by atoms with Gasteiger partial charge in [-0.1, -0.05) is 12.1 Å². The van der Waals surface area contributed by atoms with Crippen LogP contribution < -0.4 is 5.32 Å². The zero-order valence-corrected chi connectivity index (χ0v) is 10.6. The summed E-state index contributed by atoms with van der Waals surface area (Å²) in [6.45, 7) is 0.959. The Morgan fingerprint density at radius 1 is 1.44 bits per heavy atom. The van der Waals surface area contributed by atoms with Gasteiger partial charge < -0.3 is 10.1 Å². The number of hydrogen-bond acceptors (Lipinski definition) is 5. The fraction of sp³-hybridized carbons (Fsp3) is 0.417. The number of rotatable bonds is 4. The Kier molecular flexibility index (Phi) is 3.10. The molecule has 0 radical (unpaired) electrons. The van der Waals surface area contributed by atoms with Gasteiger partial charge in [0.15, 0.2) is 0 Å². The van der Waals surface area contributed by atoms with Gasteiger partial charge in [0.05, 0.1) is 18.3 Å². The monoisotopic (exact) mass is 263 g/mol. The number of aromatic nitrogens is 2. The predicted molar refractivity (Wildman–Crippen MR) is 68.3 cm³/mol. The molecule has 3 rings (SSSR count). The summed E-state index contributed by atoms with van der Waals surface area (Å²) in [6.07, 6.45) is 2.00. The van der Waals surface area contributed by atoms with Crippen molar-refractivity contribution >= 4 is 28.9 Å². The topological polar surface area (TPSA) is 64.1 Å². The Hall–Kier alpha value is -1.69. The highest BCUT2D eigenvalue weighted by Crippen LogP contribution is 2.28. The van der Waals surface area contributed by atoms with Crippen molar-refractivity contribution < 1.29 is 9.53 Å². The number of carbonyl (C=O) groups excluding carboxylic acids is 1. The Morgan fingerprint density at radius 3 is 3.17 bits per heavy atom. The molecule has 0 unspecified atom stereocenters. The number of fused-ring (bicyclic) bond motifs is 1. The van der Waals surface area contributed by atoms with Crippen LogP contribution in [0.25, 0.3) is 11.0 Å². The molecular formula is C12H13N3O2S. The molecule has 1 fully saturated rings. The molecule has 0 atom stereocenters. The van der Waals surface area contributed by atoms with Gasteiger partial charge >= 0.3 is 6.09 Å². The van der Waals surface area contributed by atoms with Crippen molar-refractivity contribution in [1.82, 2.24) is 14.1 Å². The lowest BCUT2D eigenvalue weighted by Gasteiger charge is -2.06. The van der Waals surface area contributed by atoms with E-state index in [4.69, 9.17) is 4.74 Å². The van der Waals surface area contributed by atoms with Crippen molar-refractivity contribution in [3.8, 4) is 0 Å². The van der Waals surface area contributed by atoms with Crippen LogP contribution in [-0.4, -0.2) is 21.4 Å². The Morgan fingerprint density at radius 2 is 2.33 bits per heavy atom. The average molecular weight is 263 g/mol. The van der Waals surface area contributed by atoms with Gasteiger partial charge in [0, 0.05) is 12.1 Å². The van der Waals surface area contributed by atoms with Crippen LogP contribution in [0.1, 0.15) is 18.4 Å². The van der Waals surface area contributed by atoms with Gasteiger partial charge in [0.2, 0.25) is 0 Å². The quantitative estimate of drug-likeness (QED) is 0.919. The minimum Gasteiger partial charge on any atom is -0.449 e. The second-order valence-corrected chi connectivity index (χ2v) is 4.97. The second kappa shape index (κ2) is 4.89. The van der Waals surface area contributed by atoms with E-state index in [0.717, 1.165) is 16.6 Å². The molecule has 1 aliphatic rings. The van der Waals surface area contributed by atoms with E-state index >= 15 is 0 Å². The molecule has 0 aliphatic heterocycles. The summed E-state index contributed by atoms with van der Waals surface area (Å²) in [5, 5.41) is 2.74. The molecule has 6 heteroatoms. The largest absolute Gasteiger partial charge is 0.449 e. The molecule has 1 amide bonds. The SMILES string of the molecule is O=C(NCc1cccc2nsnc12)OCC1CC1. The highest BCUT2D eigenvalue weighted by Gasteiger charge is 2.22. The third-order valence-electron chi connectivity index (χ3n) is 2.94. The zero-order valence-electron chi connectivity index (χ0n) is 9.76. The van der Waals surface area contributed by atoms with Gasteiger partial charge in [-0.15, -0.1) is 0 Å². The molecule has 1 saturated carbocycles. The minimum absolute atomic E-state index is 0.359. The van der Waals surface area contributed by atoms with Crippen molar-refractivity contribution in [3.63, 3.8) is 0 Å². The van der Waals surface area contributed by atoms with E-state index in [1.54, 1.807) is 0 Å². The molecule has 0 bridgehead atoms. The molecule has 1 heterocycles. The fourth-order valence-electron chi connectivity index (χ4n) is 1.70. The van der Waals surface area contributed by atoms with Crippen molar-refractivity contribution in [2.24, 2.45) is 5.92 Å². The number of nitrogens with zero attached hydrogens (tertiary/aromatic N) is 2. The number of carbonyl (C=O) groups is 1. The van der Waals surface area contributed by atoms with Gasteiger partial charge in [-0.3, -0.25) is 0 Å². The number of benzene rings is 1. The number of hydrogen-bond donors (Lipinski definition) is 1. The third kappa shape index (κ3) is 2.59. The van der Waals surface area contributed by atoms with Gasteiger partial charge in [-0.05, 0) is 24.8 Å². The van der Waals surface area contributed by atoms with Crippen molar-refractivity contribution in [3.05, 3.63) is 23.8 Å². The van der Waals surface area contributed by atoms with E-state index in [1.807, 2.05) is 18.2 Å². The molecule has 18 heavy (non-hydrogen) atoms. The first-order valence-corrected chi connectivity index (χ1v) is 6.67. The zero-order chi connectivity index (χ0) is 12.4. The minimum atomic E-state index is -0.359. The maximum absolute atomic E-state index is 11.5. The van der Waals surface area contributed by atoms with E-state index in [0.29, 0.717) is 19.1 Å². The lowest BCUT2D eigenvalue weighted by molar-refractivity contribution is 0.140. The first-order valence-electron chi connectivity index (χ1n) is 5.94. The van der Waals surface area contributed by atoms with E-state index in [1.165, 1.54) is 24.6 Å². The molecule has 1 aromatic heterocycles. The first kappa shape index (κ1) is 11.4. The molecule has 1 N–H and O–H groups in total. The van der Waals surface area contributed by atoms with Crippen LogP contribution in [0, 0.1) is 5.92 Å². The van der Waals surface area contributed by atoms with Crippen LogP contribution in [0.4, 0.5) is 4.79 Å². The molecule has 2 aromatic rings. The van der Waals surface area contributed by atoms with Crippen LogP contribution >= 0.6 is 11.7 Å². The van der Waals surface area contributed by atoms with Crippen molar-refractivity contribution in [1.29, 1.82) is 0 Å². The smallest absolute Gasteiger partial charge is 0.407 e. The van der Waals surface area contributed by atoms with Gasteiger partial charge in [0.1, 0.15) is 11.0 Å². The van der Waals surface area contributed by atoms with Crippen LogP contribution in [0.3, 0.4) is 0 Å². The third-order valence-corrected chi connectivity index (χ3v) is 3.48. The molecule has 94 valence electrons. The molecule has 0 saturated heterocycles. The Labute approximate surface area is 108 Å². The summed E-state index contributed by atoms with van der Waals surface area (Å²) in [7, 11) is 0. The van der Waals surface area contributed by atoms with Gasteiger partial charge in [-0.25, -0.2) is 4.79 Å². The fourth-order valence-corrected chi connectivity index (χ4v) is 2.27. The number of ether oxygens (including phenoxy) is 1. The predicted octanol–water partition coefficient (Wildman–Crippen LogP) is 2.33. The van der Waals surface area contributed by atoms with E-state index < -0.39 is 0 Å². The maximum Gasteiger partial charge on any atom is 0.407 e. The average Bonchev–Trinajstić information content (AvgIpc) is 3.09. The highest BCUT2D eigenvalue weighted by molar-refractivity contribution is 7.00. The van der Waals surface area contributed by atoms with Crippen molar-refractivity contribution in [2.75, 3.05) is 6.61 Å². The molecular weight excluding hydrogens is 250 g/mol. The van der Waals surface area contributed by atoms with Gasteiger partial charge in [0.25, 0.3) is 0 Å². The standard InChI is InChI=1S/C12H13N3O2S/c16-12(17-7-8-4-5-8)13-6-9-2-1-3-10-11(9)15-18-14-10/h1-3,8H,4-7H2,(H,13,16). The highest BCUT2D eigenvalue weighted by atomic mass is 32.1. The van der Waals surface area contributed by atoms with Crippen molar-refractivity contribution in [2.45, 2.75) is 19.4 Å².